The van der Waals surface area contributed by atoms with E-state index in [1.807, 2.05) is 0 Å². The molecule has 1 heterocycles. The first-order valence-electron chi connectivity index (χ1n) is 6.66. The number of halogens is 2. The fourth-order valence-corrected chi connectivity index (χ4v) is 2.36. The lowest BCUT2D eigenvalue weighted by atomic mass is 10.2. The number of benzene rings is 1. The van der Waals surface area contributed by atoms with Crippen LogP contribution in [0.2, 0.25) is 10.0 Å². The van der Waals surface area contributed by atoms with E-state index in [1.54, 1.807) is 54.2 Å². The number of rotatable bonds is 4. The van der Waals surface area contributed by atoms with Crippen LogP contribution < -0.4 is 9.88 Å². The van der Waals surface area contributed by atoms with Gasteiger partial charge in [0, 0.05) is 18.0 Å². The van der Waals surface area contributed by atoms with E-state index in [9.17, 15) is 9.59 Å². The Balaban J connectivity index is 2.18. The number of carbonyl (C=O) groups excluding carboxylic acids is 2. The summed E-state index contributed by atoms with van der Waals surface area (Å²) in [4.78, 5) is 23.7. The number of pyridine rings is 1. The number of hydrogen-bond donors (Lipinski definition) is 1. The Labute approximate surface area is 138 Å². The molecule has 2 rings (SSSR count). The van der Waals surface area contributed by atoms with Gasteiger partial charge in [0.2, 0.25) is 6.04 Å². The second-order valence-electron chi connectivity index (χ2n) is 4.89. The van der Waals surface area contributed by atoms with Crippen molar-refractivity contribution in [1.82, 2.24) is 0 Å². The van der Waals surface area contributed by atoms with Crippen LogP contribution in [0.4, 0.5) is 5.69 Å². The third kappa shape index (κ3) is 3.84. The molecule has 0 spiro atoms. The predicted molar refractivity (Wildman–Crippen MR) is 86.4 cm³/mol. The molecular weight excluding hydrogens is 323 g/mol. The van der Waals surface area contributed by atoms with Crippen LogP contribution in [0.25, 0.3) is 0 Å². The fourth-order valence-electron chi connectivity index (χ4n) is 1.91. The topological polar surface area (TPSA) is 50.0 Å². The molecule has 0 bridgehead atoms. The summed E-state index contributed by atoms with van der Waals surface area (Å²) >= 11 is 11.9. The molecule has 0 unspecified atom stereocenters. The van der Waals surface area contributed by atoms with E-state index < -0.39 is 6.04 Å². The van der Waals surface area contributed by atoms with Crippen LogP contribution in [0.5, 0.6) is 0 Å². The second kappa shape index (κ2) is 6.90. The minimum absolute atomic E-state index is 0.0531. The highest BCUT2D eigenvalue weighted by Crippen LogP contribution is 2.25. The first-order valence-corrected chi connectivity index (χ1v) is 7.41. The Kier molecular flexibility index (Phi) is 5.16. The monoisotopic (exact) mass is 337 g/mol. The summed E-state index contributed by atoms with van der Waals surface area (Å²) in [5.41, 5.74) is 1.04. The Hall–Kier alpha value is -1.91. The number of hydrogen-bond acceptors (Lipinski definition) is 2. The van der Waals surface area contributed by atoms with Crippen molar-refractivity contribution in [2.24, 2.45) is 0 Å². The van der Waals surface area contributed by atoms with Gasteiger partial charge in [-0.1, -0.05) is 23.2 Å². The minimum atomic E-state index is -0.494. The molecule has 0 saturated carbocycles. The van der Waals surface area contributed by atoms with Crippen LogP contribution >= 0.6 is 23.2 Å². The predicted octanol–water partition coefficient (Wildman–Crippen LogP) is 3.68. The molecule has 22 heavy (non-hydrogen) atoms. The number of carbonyl (C=O) groups is 2. The van der Waals surface area contributed by atoms with Crippen LogP contribution in [0.3, 0.4) is 0 Å². The molecule has 1 N–H and O–H groups in total. The molecule has 0 radical (unpaired) electrons. The van der Waals surface area contributed by atoms with Gasteiger partial charge in [-0.25, -0.2) is 0 Å². The number of anilines is 1. The van der Waals surface area contributed by atoms with Gasteiger partial charge in [-0.3, -0.25) is 9.59 Å². The molecule has 1 atom stereocenters. The molecule has 0 fully saturated rings. The summed E-state index contributed by atoms with van der Waals surface area (Å²) in [6, 6.07) is 7.80. The molecule has 1 aromatic carbocycles. The molecule has 1 aromatic heterocycles. The van der Waals surface area contributed by atoms with Gasteiger partial charge >= 0.3 is 0 Å². The highest BCUT2D eigenvalue weighted by atomic mass is 35.5. The van der Waals surface area contributed by atoms with E-state index in [1.165, 1.54) is 6.92 Å². The van der Waals surface area contributed by atoms with E-state index in [-0.39, 0.29) is 11.7 Å². The molecule has 6 heteroatoms. The lowest BCUT2D eigenvalue weighted by Crippen LogP contribution is -2.44. The maximum absolute atomic E-state index is 12.3. The molecule has 0 aliphatic heterocycles. The summed E-state index contributed by atoms with van der Waals surface area (Å²) in [6.07, 6.45) is 3.39. The van der Waals surface area contributed by atoms with Crippen molar-refractivity contribution in [2.75, 3.05) is 5.32 Å². The minimum Gasteiger partial charge on any atom is -0.319 e. The summed E-state index contributed by atoms with van der Waals surface area (Å²) in [5, 5.41) is 3.62. The van der Waals surface area contributed by atoms with Crippen molar-refractivity contribution in [3.8, 4) is 0 Å². The SMILES string of the molecule is CC(=O)c1ccc[n+]([C@H](C)C(=O)Nc2ccc(Cl)cc2Cl)c1. The zero-order chi connectivity index (χ0) is 16.3. The first-order chi connectivity index (χ1) is 10.4. The molecular formula is C16H15Cl2N2O2+. The van der Waals surface area contributed by atoms with E-state index in [2.05, 4.69) is 5.32 Å². The number of nitrogens with one attached hydrogen (secondary N) is 1. The van der Waals surface area contributed by atoms with Gasteiger partial charge in [0.1, 0.15) is 0 Å². The Morgan fingerprint density at radius 1 is 1.23 bits per heavy atom. The van der Waals surface area contributed by atoms with Gasteiger partial charge in [-0.2, -0.15) is 4.57 Å². The Bertz CT molecular complexity index is 732. The Morgan fingerprint density at radius 2 is 1.95 bits per heavy atom. The molecule has 0 aliphatic carbocycles. The quantitative estimate of drug-likeness (QED) is 0.683. The van der Waals surface area contributed by atoms with Gasteiger partial charge in [-0.05, 0) is 31.2 Å². The van der Waals surface area contributed by atoms with Crippen molar-refractivity contribution in [1.29, 1.82) is 0 Å². The van der Waals surface area contributed by atoms with Crippen LogP contribution in [-0.4, -0.2) is 11.7 Å². The summed E-state index contributed by atoms with van der Waals surface area (Å²) in [7, 11) is 0. The van der Waals surface area contributed by atoms with Crippen molar-refractivity contribution in [2.45, 2.75) is 19.9 Å². The zero-order valence-corrected chi connectivity index (χ0v) is 13.7. The standard InChI is InChI=1S/C16H14Cl2N2O2/c1-10(20-7-3-4-12(9-20)11(2)21)16(22)19-15-6-5-13(17)8-14(15)18/h3-10H,1-2H3/p+1/t10-/m1/s1. The van der Waals surface area contributed by atoms with E-state index >= 15 is 0 Å². The molecule has 0 saturated heterocycles. The van der Waals surface area contributed by atoms with Gasteiger partial charge in [-0.15, -0.1) is 0 Å². The molecule has 114 valence electrons. The first kappa shape index (κ1) is 16.5. The zero-order valence-electron chi connectivity index (χ0n) is 12.1. The maximum atomic E-state index is 12.3. The number of Topliss-reactive ketones (excluding diaryl/α,β-unsaturated/α-hetero) is 1. The van der Waals surface area contributed by atoms with Gasteiger partial charge in [0.05, 0.1) is 16.3 Å². The molecule has 2 aromatic rings. The lowest BCUT2D eigenvalue weighted by molar-refractivity contribution is -0.705. The lowest BCUT2D eigenvalue weighted by Gasteiger charge is -2.10. The summed E-state index contributed by atoms with van der Waals surface area (Å²) < 4.78 is 1.68. The average Bonchev–Trinajstić information content (AvgIpc) is 2.49. The highest BCUT2D eigenvalue weighted by molar-refractivity contribution is 6.36. The maximum Gasteiger partial charge on any atom is 0.293 e. The van der Waals surface area contributed by atoms with Crippen molar-refractivity contribution in [3.05, 3.63) is 58.3 Å². The third-order valence-corrected chi connectivity index (χ3v) is 3.79. The third-order valence-electron chi connectivity index (χ3n) is 3.24. The van der Waals surface area contributed by atoms with E-state index in [0.717, 1.165) is 0 Å². The number of aromatic nitrogens is 1. The van der Waals surface area contributed by atoms with E-state index in [0.29, 0.717) is 21.3 Å². The normalized spacial score (nSPS) is 11.8. The summed E-state index contributed by atoms with van der Waals surface area (Å²) in [5.74, 6) is -0.294. The highest BCUT2D eigenvalue weighted by Gasteiger charge is 2.23. The van der Waals surface area contributed by atoms with Crippen molar-refractivity contribution in [3.63, 3.8) is 0 Å². The molecule has 4 nitrogen and oxygen atoms in total. The van der Waals surface area contributed by atoms with Gasteiger partial charge in [0.25, 0.3) is 5.91 Å². The number of ketones is 1. The van der Waals surface area contributed by atoms with Crippen LogP contribution in [0.1, 0.15) is 30.2 Å². The largest absolute Gasteiger partial charge is 0.319 e. The van der Waals surface area contributed by atoms with E-state index in [4.69, 9.17) is 23.2 Å². The van der Waals surface area contributed by atoms with Crippen LogP contribution in [0.15, 0.2) is 42.7 Å². The van der Waals surface area contributed by atoms with Gasteiger partial charge < -0.3 is 5.32 Å². The second-order valence-corrected chi connectivity index (χ2v) is 5.73. The molecule has 0 aliphatic rings. The smallest absolute Gasteiger partial charge is 0.293 e. The number of amides is 1. The van der Waals surface area contributed by atoms with Crippen LogP contribution in [0, 0.1) is 0 Å². The Morgan fingerprint density at radius 3 is 2.59 bits per heavy atom. The van der Waals surface area contributed by atoms with Crippen molar-refractivity contribution >= 4 is 40.6 Å². The number of nitrogens with zero attached hydrogens (tertiary/aromatic N) is 1. The molecule has 1 amide bonds. The fraction of sp³-hybridized carbons (Fsp3) is 0.188. The van der Waals surface area contributed by atoms with Gasteiger partial charge in [0.15, 0.2) is 18.2 Å². The van der Waals surface area contributed by atoms with Crippen LogP contribution in [-0.2, 0) is 4.79 Å². The average molecular weight is 338 g/mol. The summed E-state index contributed by atoms with van der Waals surface area (Å²) in [6.45, 7) is 3.22. The van der Waals surface area contributed by atoms with Crippen molar-refractivity contribution < 1.29 is 14.2 Å².